The number of hydrogen-bond acceptors (Lipinski definition) is 4. The quantitative estimate of drug-likeness (QED) is 0.606. The second-order valence-electron chi connectivity index (χ2n) is 3.24. The van der Waals surface area contributed by atoms with Crippen LogP contribution >= 0.6 is 0 Å². The number of aliphatic hydroxyl groups is 1. The standard InChI is InChI=1S/C9H20O4/c1-5-13-7-9(2,10)6-8(11-3)12-4/h8,10H,5-7H2,1-4H3. The first-order chi connectivity index (χ1) is 6.05. The lowest BCUT2D eigenvalue weighted by atomic mass is 10.0. The van der Waals surface area contributed by atoms with E-state index in [0.717, 1.165) is 0 Å². The third-order valence-corrected chi connectivity index (χ3v) is 1.75. The van der Waals surface area contributed by atoms with E-state index < -0.39 is 5.60 Å². The van der Waals surface area contributed by atoms with E-state index in [0.29, 0.717) is 19.6 Å². The first-order valence-electron chi connectivity index (χ1n) is 4.41. The molecule has 1 N–H and O–H groups in total. The highest BCUT2D eigenvalue weighted by Gasteiger charge is 2.25. The van der Waals surface area contributed by atoms with Gasteiger partial charge in [0.05, 0.1) is 12.2 Å². The summed E-state index contributed by atoms with van der Waals surface area (Å²) in [7, 11) is 3.09. The maximum atomic E-state index is 9.79. The highest BCUT2D eigenvalue weighted by Crippen LogP contribution is 2.14. The fourth-order valence-corrected chi connectivity index (χ4v) is 1.00. The minimum atomic E-state index is -0.896. The molecule has 0 amide bonds. The second-order valence-corrected chi connectivity index (χ2v) is 3.24. The van der Waals surface area contributed by atoms with E-state index >= 15 is 0 Å². The zero-order valence-corrected chi connectivity index (χ0v) is 8.87. The Kier molecular flexibility index (Phi) is 6.24. The summed E-state index contributed by atoms with van der Waals surface area (Å²) in [5.74, 6) is 0. The van der Waals surface area contributed by atoms with Gasteiger partial charge in [-0.15, -0.1) is 0 Å². The van der Waals surface area contributed by atoms with Gasteiger partial charge in [-0.3, -0.25) is 0 Å². The molecule has 0 rings (SSSR count). The molecular formula is C9H20O4. The first-order valence-corrected chi connectivity index (χ1v) is 4.41. The molecule has 1 atom stereocenters. The van der Waals surface area contributed by atoms with Crippen LogP contribution in [0.2, 0.25) is 0 Å². The molecule has 0 fully saturated rings. The maximum absolute atomic E-state index is 9.79. The number of rotatable bonds is 7. The Morgan fingerprint density at radius 1 is 1.31 bits per heavy atom. The first kappa shape index (κ1) is 12.8. The molecule has 0 aromatic heterocycles. The predicted octanol–water partition coefficient (Wildman–Crippen LogP) is 0.783. The fraction of sp³-hybridized carbons (Fsp3) is 1.00. The molecule has 0 spiro atoms. The molecule has 0 heterocycles. The Balaban J connectivity index is 3.83. The summed E-state index contributed by atoms with van der Waals surface area (Å²) in [6.45, 7) is 4.49. The molecule has 0 radical (unpaired) electrons. The molecular weight excluding hydrogens is 172 g/mol. The Hall–Kier alpha value is -0.160. The number of hydrogen-bond donors (Lipinski definition) is 1. The van der Waals surface area contributed by atoms with Crippen LogP contribution in [0.3, 0.4) is 0 Å². The van der Waals surface area contributed by atoms with Gasteiger partial charge in [0.1, 0.15) is 0 Å². The van der Waals surface area contributed by atoms with Crippen molar-refractivity contribution >= 4 is 0 Å². The highest BCUT2D eigenvalue weighted by atomic mass is 16.7. The molecule has 13 heavy (non-hydrogen) atoms. The normalized spacial score (nSPS) is 16.2. The van der Waals surface area contributed by atoms with Crippen LogP contribution in [0.1, 0.15) is 20.3 Å². The van der Waals surface area contributed by atoms with Crippen molar-refractivity contribution in [2.45, 2.75) is 32.2 Å². The van der Waals surface area contributed by atoms with E-state index in [-0.39, 0.29) is 6.29 Å². The van der Waals surface area contributed by atoms with Gasteiger partial charge < -0.3 is 19.3 Å². The summed E-state index contributed by atoms with van der Waals surface area (Å²) in [6, 6.07) is 0. The van der Waals surface area contributed by atoms with E-state index in [2.05, 4.69) is 0 Å². The van der Waals surface area contributed by atoms with Crippen LogP contribution in [0.25, 0.3) is 0 Å². The highest BCUT2D eigenvalue weighted by molar-refractivity contribution is 4.73. The van der Waals surface area contributed by atoms with Crippen LogP contribution in [0.15, 0.2) is 0 Å². The van der Waals surface area contributed by atoms with Crippen LogP contribution in [-0.2, 0) is 14.2 Å². The molecule has 0 bridgehead atoms. The van der Waals surface area contributed by atoms with Crippen molar-refractivity contribution in [2.75, 3.05) is 27.4 Å². The van der Waals surface area contributed by atoms with E-state index in [1.807, 2.05) is 6.92 Å². The van der Waals surface area contributed by atoms with Crippen molar-refractivity contribution in [1.29, 1.82) is 0 Å². The lowest BCUT2D eigenvalue weighted by molar-refractivity contribution is -0.152. The fourth-order valence-electron chi connectivity index (χ4n) is 1.00. The summed E-state index contributed by atoms with van der Waals surface area (Å²) in [4.78, 5) is 0. The van der Waals surface area contributed by atoms with Gasteiger partial charge in [-0.1, -0.05) is 0 Å². The lowest BCUT2D eigenvalue weighted by Gasteiger charge is -2.26. The molecule has 0 saturated heterocycles. The van der Waals surface area contributed by atoms with Gasteiger partial charge in [-0.05, 0) is 13.8 Å². The third-order valence-electron chi connectivity index (χ3n) is 1.75. The van der Waals surface area contributed by atoms with Crippen LogP contribution in [0, 0.1) is 0 Å². The minimum Gasteiger partial charge on any atom is -0.388 e. The average molecular weight is 192 g/mol. The molecule has 0 aliphatic heterocycles. The molecule has 4 heteroatoms. The number of ether oxygens (including phenoxy) is 3. The zero-order valence-electron chi connectivity index (χ0n) is 8.87. The predicted molar refractivity (Wildman–Crippen MR) is 49.5 cm³/mol. The Morgan fingerprint density at radius 3 is 2.23 bits per heavy atom. The van der Waals surface area contributed by atoms with E-state index in [9.17, 15) is 5.11 Å². The molecule has 1 unspecified atom stereocenters. The van der Waals surface area contributed by atoms with Gasteiger partial charge in [-0.25, -0.2) is 0 Å². The third kappa shape index (κ3) is 5.99. The van der Waals surface area contributed by atoms with Gasteiger partial charge in [0.15, 0.2) is 6.29 Å². The van der Waals surface area contributed by atoms with Crippen LogP contribution in [0.5, 0.6) is 0 Å². The summed E-state index contributed by atoms with van der Waals surface area (Å²) < 4.78 is 15.1. The number of methoxy groups -OCH3 is 2. The SMILES string of the molecule is CCOCC(C)(O)CC(OC)OC. The zero-order chi connectivity index (χ0) is 10.3. The van der Waals surface area contributed by atoms with Crippen molar-refractivity contribution in [3.8, 4) is 0 Å². The van der Waals surface area contributed by atoms with Crippen LogP contribution in [0.4, 0.5) is 0 Å². The Labute approximate surface area is 79.8 Å². The van der Waals surface area contributed by atoms with Gasteiger partial charge in [0.2, 0.25) is 0 Å². The van der Waals surface area contributed by atoms with Crippen molar-refractivity contribution < 1.29 is 19.3 Å². The molecule has 0 aromatic carbocycles. The van der Waals surface area contributed by atoms with Crippen molar-refractivity contribution in [3.63, 3.8) is 0 Å². The van der Waals surface area contributed by atoms with Gasteiger partial charge >= 0.3 is 0 Å². The van der Waals surface area contributed by atoms with Crippen LogP contribution in [-0.4, -0.2) is 44.4 Å². The van der Waals surface area contributed by atoms with E-state index in [4.69, 9.17) is 14.2 Å². The molecule has 0 saturated carbocycles. The molecule has 0 aliphatic rings. The lowest BCUT2D eigenvalue weighted by Crippen LogP contribution is -2.36. The van der Waals surface area contributed by atoms with Gasteiger partial charge in [0, 0.05) is 27.2 Å². The van der Waals surface area contributed by atoms with Crippen molar-refractivity contribution in [1.82, 2.24) is 0 Å². The van der Waals surface area contributed by atoms with Crippen molar-refractivity contribution in [2.24, 2.45) is 0 Å². The van der Waals surface area contributed by atoms with Gasteiger partial charge in [0.25, 0.3) is 0 Å². The summed E-state index contributed by atoms with van der Waals surface area (Å²) in [5.41, 5.74) is -0.896. The smallest absolute Gasteiger partial charge is 0.159 e. The monoisotopic (exact) mass is 192 g/mol. The average Bonchev–Trinajstić information content (AvgIpc) is 2.11. The minimum absolute atomic E-state index is 0.298. The second kappa shape index (κ2) is 6.32. The Morgan fingerprint density at radius 2 is 1.85 bits per heavy atom. The molecule has 0 aliphatic carbocycles. The molecule has 0 aromatic rings. The van der Waals surface area contributed by atoms with Crippen LogP contribution < -0.4 is 0 Å². The summed E-state index contributed by atoms with van der Waals surface area (Å²) in [5, 5.41) is 9.79. The maximum Gasteiger partial charge on any atom is 0.159 e. The summed E-state index contributed by atoms with van der Waals surface area (Å²) >= 11 is 0. The molecule has 80 valence electrons. The Bertz CT molecular complexity index is 121. The largest absolute Gasteiger partial charge is 0.388 e. The summed E-state index contributed by atoms with van der Waals surface area (Å²) in [6.07, 6.45) is 0.0236. The van der Waals surface area contributed by atoms with E-state index in [1.54, 1.807) is 21.1 Å². The van der Waals surface area contributed by atoms with E-state index in [1.165, 1.54) is 0 Å². The molecule has 4 nitrogen and oxygen atoms in total. The van der Waals surface area contributed by atoms with Crippen molar-refractivity contribution in [3.05, 3.63) is 0 Å². The van der Waals surface area contributed by atoms with Gasteiger partial charge in [-0.2, -0.15) is 0 Å². The topological polar surface area (TPSA) is 47.9 Å².